The number of aliphatic carboxylic acids is 1. The Kier molecular flexibility index (Phi) is 4.77. The Bertz CT molecular complexity index is 548. The summed E-state index contributed by atoms with van der Waals surface area (Å²) < 4.78 is 13.7. The van der Waals surface area contributed by atoms with Crippen LogP contribution in [0.5, 0.6) is 0 Å². The van der Waals surface area contributed by atoms with Crippen molar-refractivity contribution in [1.82, 2.24) is 4.90 Å². The van der Waals surface area contributed by atoms with Gasteiger partial charge in [-0.05, 0) is 43.4 Å². The van der Waals surface area contributed by atoms with E-state index < -0.39 is 11.8 Å². The summed E-state index contributed by atoms with van der Waals surface area (Å²) in [6, 6.07) is 4.31. The van der Waals surface area contributed by atoms with Gasteiger partial charge in [-0.15, -0.1) is 0 Å². The SMILES string of the molecule is Cc1ccc(NC(=O)N2CCC(CCC(=O)O)C2)c(F)c1. The minimum atomic E-state index is -0.820. The van der Waals surface area contributed by atoms with Crippen LogP contribution in [-0.4, -0.2) is 35.1 Å². The van der Waals surface area contributed by atoms with Crippen LogP contribution in [0.3, 0.4) is 0 Å². The van der Waals surface area contributed by atoms with E-state index in [0.717, 1.165) is 12.0 Å². The van der Waals surface area contributed by atoms with E-state index >= 15 is 0 Å². The number of aryl methyl sites for hydroxylation is 1. The van der Waals surface area contributed by atoms with E-state index in [4.69, 9.17) is 5.11 Å². The molecule has 0 spiro atoms. The summed E-state index contributed by atoms with van der Waals surface area (Å²) in [5.74, 6) is -1.07. The van der Waals surface area contributed by atoms with E-state index in [1.54, 1.807) is 24.0 Å². The van der Waals surface area contributed by atoms with Gasteiger partial charge in [0.1, 0.15) is 5.82 Å². The molecule has 0 bridgehead atoms. The fourth-order valence-electron chi connectivity index (χ4n) is 2.50. The number of anilines is 1. The number of carbonyl (C=O) groups is 2. The molecular weight excluding hydrogens is 275 g/mol. The van der Waals surface area contributed by atoms with E-state index in [1.165, 1.54) is 6.07 Å². The van der Waals surface area contributed by atoms with Crippen molar-refractivity contribution >= 4 is 17.7 Å². The van der Waals surface area contributed by atoms with Gasteiger partial charge in [-0.1, -0.05) is 6.07 Å². The number of hydrogen-bond donors (Lipinski definition) is 2. The number of carboxylic acid groups (broad SMARTS) is 1. The minimum absolute atomic E-state index is 0.118. The van der Waals surface area contributed by atoms with Gasteiger partial charge in [-0.2, -0.15) is 0 Å². The van der Waals surface area contributed by atoms with Crippen molar-refractivity contribution < 1.29 is 19.1 Å². The van der Waals surface area contributed by atoms with Gasteiger partial charge < -0.3 is 15.3 Å². The molecule has 2 N–H and O–H groups in total. The monoisotopic (exact) mass is 294 g/mol. The molecule has 1 aliphatic heterocycles. The van der Waals surface area contributed by atoms with E-state index in [9.17, 15) is 14.0 Å². The molecule has 2 rings (SSSR count). The zero-order valence-corrected chi connectivity index (χ0v) is 11.9. The molecule has 114 valence electrons. The van der Waals surface area contributed by atoms with Gasteiger partial charge in [-0.25, -0.2) is 9.18 Å². The van der Waals surface area contributed by atoms with Crippen LogP contribution in [0.1, 0.15) is 24.8 Å². The fraction of sp³-hybridized carbons (Fsp3) is 0.467. The smallest absolute Gasteiger partial charge is 0.321 e. The molecule has 1 atom stereocenters. The number of likely N-dealkylation sites (tertiary alicyclic amines) is 1. The van der Waals surface area contributed by atoms with E-state index in [2.05, 4.69) is 5.32 Å². The summed E-state index contributed by atoms with van der Waals surface area (Å²) in [7, 11) is 0. The van der Waals surface area contributed by atoms with Crippen molar-refractivity contribution in [1.29, 1.82) is 0 Å². The summed E-state index contributed by atoms with van der Waals surface area (Å²) in [5, 5.41) is 11.2. The second-order valence-corrected chi connectivity index (χ2v) is 5.45. The Morgan fingerprint density at radius 1 is 1.48 bits per heavy atom. The Balaban J connectivity index is 1.88. The number of carboxylic acids is 1. The predicted molar refractivity (Wildman–Crippen MR) is 76.7 cm³/mol. The molecule has 0 aromatic heterocycles. The number of nitrogens with one attached hydrogen (secondary N) is 1. The Morgan fingerprint density at radius 3 is 2.90 bits per heavy atom. The highest BCUT2D eigenvalue weighted by Crippen LogP contribution is 2.22. The Labute approximate surface area is 122 Å². The maximum atomic E-state index is 13.7. The normalized spacial score (nSPS) is 17.8. The summed E-state index contributed by atoms with van der Waals surface area (Å²) >= 11 is 0. The topological polar surface area (TPSA) is 69.6 Å². The van der Waals surface area contributed by atoms with E-state index in [1.807, 2.05) is 0 Å². The highest BCUT2D eigenvalue weighted by atomic mass is 19.1. The number of halogens is 1. The molecule has 0 aliphatic carbocycles. The van der Waals surface area contributed by atoms with Crippen molar-refractivity contribution in [3.63, 3.8) is 0 Å². The molecule has 1 unspecified atom stereocenters. The lowest BCUT2D eigenvalue weighted by Crippen LogP contribution is -2.33. The standard InChI is InChI=1S/C15H19FN2O3/c1-10-2-4-13(12(16)8-10)17-15(21)18-7-6-11(9-18)3-5-14(19)20/h2,4,8,11H,3,5-7,9H2,1H3,(H,17,21)(H,19,20). The lowest BCUT2D eigenvalue weighted by atomic mass is 10.0. The van der Waals surface area contributed by atoms with Crippen LogP contribution in [0.4, 0.5) is 14.9 Å². The van der Waals surface area contributed by atoms with Gasteiger partial charge in [0.2, 0.25) is 0 Å². The average Bonchev–Trinajstić information content (AvgIpc) is 2.88. The summed E-state index contributed by atoms with van der Waals surface area (Å²) in [5.41, 5.74) is 0.958. The van der Waals surface area contributed by atoms with Crippen LogP contribution >= 0.6 is 0 Å². The first-order chi connectivity index (χ1) is 9.95. The number of hydrogen-bond acceptors (Lipinski definition) is 2. The number of carbonyl (C=O) groups excluding carboxylic acids is 1. The minimum Gasteiger partial charge on any atom is -0.481 e. The zero-order valence-electron chi connectivity index (χ0n) is 11.9. The molecule has 2 amide bonds. The van der Waals surface area contributed by atoms with Crippen molar-refractivity contribution in [2.75, 3.05) is 18.4 Å². The number of benzene rings is 1. The van der Waals surface area contributed by atoms with Crippen molar-refractivity contribution in [3.05, 3.63) is 29.6 Å². The van der Waals surface area contributed by atoms with Crippen LogP contribution in [0, 0.1) is 18.7 Å². The highest BCUT2D eigenvalue weighted by Gasteiger charge is 2.26. The van der Waals surface area contributed by atoms with Crippen molar-refractivity contribution in [3.8, 4) is 0 Å². The van der Waals surface area contributed by atoms with Crippen LogP contribution in [-0.2, 0) is 4.79 Å². The van der Waals surface area contributed by atoms with Crippen LogP contribution in [0.15, 0.2) is 18.2 Å². The maximum Gasteiger partial charge on any atom is 0.321 e. The zero-order chi connectivity index (χ0) is 15.4. The summed E-state index contributed by atoms with van der Waals surface area (Å²) in [6.07, 6.45) is 1.47. The molecular formula is C15H19FN2O3. The number of nitrogens with zero attached hydrogens (tertiary/aromatic N) is 1. The lowest BCUT2D eigenvalue weighted by Gasteiger charge is -2.17. The lowest BCUT2D eigenvalue weighted by molar-refractivity contribution is -0.137. The molecule has 1 aromatic carbocycles. The predicted octanol–water partition coefficient (Wildman–Crippen LogP) is 2.85. The largest absolute Gasteiger partial charge is 0.481 e. The van der Waals surface area contributed by atoms with Gasteiger partial charge in [-0.3, -0.25) is 4.79 Å². The molecule has 0 radical (unpaired) electrons. The van der Waals surface area contributed by atoms with Crippen LogP contribution in [0.25, 0.3) is 0 Å². The molecule has 1 aromatic rings. The molecule has 1 heterocycles. The van der Waals surface area contributed by atoms with Gasteiger partial charge in [0.25, 0.3) is 0 Å². The third-order valence-corrected chi connectivity index (χ3v) is 3.71. The molecule has 1 saturated heterocycles. The Morgan fingerprint density at radius 2 is 2.24 bits per heavy atom. The second kappa shape index (κ2) is 6.56. The van der Waals surface area contributed by atoms with Gasteiger partial charge in [0, 0.05) is 19.5 Å². The fourth-order valence-corrected chi connectivity index (χ4v) is 2.50. The third kappa shape index (κ3) is 4.18. The molecule has 0 saturated carbocycles. The van der Waals surface area contributed by atoms with Crippen LogP contribution in [0.2, 0.25) is 0 Å². The molecule has 1 aliphatic rings. The number of urea groups is 1. The summed E-state index contributed by atoms with van der Waals surface area (Å²) in [4.78, 5) is 24.2. The third-order valence-electron chi connectivity index (χ3n) is 3.71. The second-order valence-electron chi connectivity index (χ2n) is 5.45. The first-order valence-corrected chi connectivity index (χ1v) is 6.99. The number of rotatable bonds is 4. The van der Waals surface area contributed by atoms with Crippen molar-refractivity contribution in [2.45, 2.75) is 26.2 Å². The molecule has 5 nitrogen and oxygen atoms in total. The first kappa shape index (κ1) is 15.3. The van der Waals surface area contributed by atoms with Gasteiger partial charge >= 0.3 is 12.0 Å². The van der Waals surface area contributed by atoms with Crippen LogP contribution < -0.4 is 5.32 Å². The molecule has 6 heteroatoms. The quantitative estimate of drug-likeness (QED) is 0.897. The van der Waals surface area contributed by atoms with Crippen molar-refractivity contribution in [2.24, 2.45) is 5.92 Å². The van der Waals surface area contributed by atoms with Gasteiger partial charge in [0.15, 0.2) is 0 Å². The first-order valence-electron chi connectivity index (χ1n) is 6.99. The molecule has 21 heavy (non-hydrogen) atoms. The summed E-state index contributed by atoms with van der Waals surface area (Å²) in [6.45, 7) is 2.87. The van der Waals surface area contributed by atoms with Gasteiger partial charge in [0.05, 0.1) is 5.69 Å². The van der Waals surface area contributed by atoms with E-state index in [0.29, 0.717) is 19.5 Å². The maximum absolute atomic E-state index is 13.7. The number of amides is 2. The van der Waals surface area contributed by atoms with E-state index in [-0.39, 0.29) is 24.1 Å². The molecule has 1 fully saturated rings. The average molecular weight is 294 g/mol. The highest BCUT2D eigenvalue weighted by molar-refractivity contribution is 5.89. The Hall–Kier alpha value is -2.11.